The largest absolute Gasteiger partial charge is 0.490 e. The van der Waals surface area contributed by atoms with Gasteiger partial charge in [0.05, 0.1) is 6.10 Å². The first-order chi connectivity index (χ1) is 28.1. The molecule has 4 aliphatic carbocycles. The fourth-order valence-corrected chi connectivity index (χ4v) is 13.1. The van der Waals surface area contributed by atoms with Crippen molar-refractivity contribution in [3.63, 3.8) is 0 Å². The first-order valence-electron chi connectivity index (χ1n) is 24.4. The van der Waals surface area contributed by atoms with Gasteiger partial charge in [0.25, 0.3) is 0 Å². The summed E-state index contributed by atoms with van der Waals surface area (Å²) in [5.74, 6) is 5.88. The van der Waals surface area contributed by atoms with Gasteiger partial charge in [-0.1, -0.05) is 111 Å². The van der Waals surface area contributed by atoms with Gasteiger partial charge in [0.2, 0.25) is 5.91 Å². The van der Waals surface area contributed by atoms with E-state index < -0.39 is 0 Å². The minimum atomic E-state index is 0.148. The molecule has 0 radical (unpaired) electrons. The monoisotopic (exact) mass is 798 g/mol. The Balaban J connectivity index is 0.960. The molecule has 324 valence electrons. The second-order valence-corrected chi connectivity index (χ2v) is 20.2. The van der Waals surface area contributed by atoms with E-state index in [-0.39, 0.29) is 23.5 Å². The summed E-state index contributed by atoms with van der Waals surface area (Å²) in [5, 5.41) is 3.28. The molecule has 0 spiro atoms. The van der Waals surface area contributed by atoms with Crippen molar-refractivity contribution in [3.8, 4) is 11.5 Å². The van der Waals surface area contributed by atoms with E-state index in [0.717, 1.165) is 61.5 Å². The van der Waals surface area contributed by atoms with Crippen LogP contribution in [0.15, 0.2) is 48.5 Å². The van der Waals surface area contributed by atoms with E-state index >= 15 is 0 Å². The Morgan fingerprint density at radius 1 is 0.672 bits per heavy atom. The molecule has 2 aromatic rings. The van der Waals surface area contributed by atoms with E-state index in [4.69, 9.17) is 20.9 Å². The van der Waals surface area contributed by atoms with Crippen LogP contribution in [0.1, 0.15) is 182 Å². The summed E-state index contributed by atoms with van der Waals surface area (Å²) in [4.78, 5) is 13.0. The van der Waals surface area contributed by atoms with E-state index in [0.29, 0.717) is 47.3 Å². The Bertz CT molecular complexity index is 1510. The Hall–Kier alpha value is -2.89. The molecular weight excluding hydrogens is 715 g/mol. The van der Waals surface area contributed by atoms with Gasteiger partial charge in [0.1, 0.15) is 17.6 Å². The number of rotatable bonds is 23. The normalized spacial score (nSPS) is 30.8. The summed E-state index contributed by atoms with van der Waals surface area (Å²) in [7, 11) is 0. The van der Waals surface area contributed by atoms with Gasteiger partial charge in [-0.25, -0.2) is 0 Å². The number of fused-ring (bicyclic) bond motifs is 5. The van der Waals surface area contributed by atoms with Crippen LogP contribution in [0.4, 0.5) is 11.4 Å². The molecule has 58 heavy (non-hydrogen) atoms. The second-order valence-electron chi connectivity index (χ2n) is 20.2. The number of unbranched alkanes of at least 4 members (excludes halogenated alkanes) is 13. The molecule has 6 rings (SSSR count). The molecule has 5 N–H and O–H groups in total. The molecule has 1 amide bonds. The standard InChI is InChI=1S/C52H83N3O3/c1-5-6-7-8-9-10-11-12-13-14-15-16-17-18-35-55-50(56)30-19-38(2)45-28-29-46-44-37-49(58-42-26-22-40(54)23-27-42)48-36-43(57-41-24-20-39(53)21-25-41)31-33-52(48,4)47(44)32-34-51(45,46)3/h20-27,38,43-49H,5-19,28-37,53-54H2,1-4H3,(H,55,56)/t38-,43?,44+,45-,46+,47+,48?,49?,51-,52-/m1/s1. The van der Waals surface area contributed by atoms with Crippen LogP contribution in [0.2, 0.25) is 0 Å². The van der Waals surface area contributed by atoms with Gasteiger partial charge in [-0.2, -0.15) is 0 Å². The van der Waals surface area contributed by atoms with Gasteiger partial charge in [0.15, 0.2) is 0 Å². The zero-order valence-electron chi connectivity index (χ0n) is 37.3. The third-order valence-corrected chi connectivity index (χ3v) is 16.4. The fourth-order valence-electron chi connectivity index (χ4n) is 13.1. The van der Waals surface area contributed by atoms with Gasteiger partial charge < -0.3 is 26.3 Å². The highest BCUT2D eigenvalue weighted by molar-refractivity contribution is 5.75. The minimum Gasteiger partial charge on any atom is -0.490 e. The summed E-state index contributed by atoms with van der Waals surface area (Å²) in [6, 6.07) is 15.9. The molecule has 10 atom stereocenters. The highest BCUT2D eigenvalue weighted by Crippen LogP contribution is 2.68. The summed E-state index contributed by atoms with van der Waals surface area (Å²) >= 11 is 0. The average molecular weight is 798 g/mol. The van der Waals surface area contributed by atoms with Crippen molar-refractivity contribution in [2.24, 2.45) is 46.3 Å². The van der Waals surface area contributed by atoms with Crippen molar-refractivity contribution in [2.45, 2.75) is 194 Å². The number of carbonyl (C=O) groups excluding carboxylic acids is 1. The maximum Gasteiger partial charge on any atom is 0.220 e. The maximum atomic E-state index is 13.0. The zero-order valence-corrected chi connectivity index (χ0v) is 37.3. The Labute approximate surface area is 354 Å². The Kier molecular flexibility index (Phi) is 16.6. The van der Waals surface area contributed by atoms with E-state index in [9.17, 15) is 4.79 Å². The number of hydrogen-bond acceptors (Lipinski definition) is 5. The first kappa shape index (κ1) is 44.7. The maximum absolute atomic E-state index is 13.0. The number of ether oxygens (including phenoxy) is 2. The predicted molar refractivity (Wildman–Crippen MR) is 243 cm³/mol. The van der Waals surface area contributed by atoms with Crippen LogP contribution in [0.5, 0.6) is 11.5 Å². The summed E-state index contributed by atoms with van der Waals surface area (Å²) in [5.41, 5.74) is 14.2. The van der Waals surface area contributed by atoms with Gasteiger partial charge in [-0.15, -0.1) is 0 Å². The van der Waals surface area contributed by atoms with Crippen molar-refractivity contribution in [1.82, 2.24) is 5.32 Å². The third-order valence-electron chi connectivity index (χ3n) is 16.4. The molecule has 0 saturated heterocycles. The number of anilines is 2. The van der Waals surface area contributed by atoms with Gasteiger partial charge in [-0.3, -0.25) is 4.79 Å². The van der Waals surface area contributed by atoms with Crippen molar-refractivity contribution in [3.05, 3.63) is 48.5 Å². The smallest absolute Gasteiger partial charge is 0.220 e. The number of hydrogen-bond donors (Lipinski definition) is 3. The zero-order chi connectivity index (χ0) is 41.0. The lowest BCUT2D eigenvalue weighted by atomic mass is 9.43. The van der Waals surface area contributed by atoms with Crippen LogP contribution in [0.25, 0.3) is 0 Å². The first-order valence-corrected chi connectivity index (χ1v) is 24.4. The summed E-state index contributed by atoms with van der Waals surface area (Å²) in [6.07, 6.45) is 30.7. The fraction of sp³-hybridized carbons (Fsp3) is 0.750. The van der Waals surface area contributed by atoms with Crippen LogP contribution < -0.4 is 26.3 Å². The van der Waals surface area contributed by atoms with Crippen molar-refractivity contribution >= 4 is 17.3 Å². The second kappa shape index (κ2) is 21.6. The molecule has 3 unspecified atom stereocenters. The lowest BCUT2D eigenvalue weighted by Crippen LogP contribution is -2.59. The number of amides is 1. The molecule has 0 aliphatic heterocycles. The Morgan fingerprint density at radius 2 is 1.21 bits per heavy atom. The van der Waals surface area contributed by atoms with E-state index in [1.165, 1.54) is 116 Å². The van der Waals surface area contributed by atoms with Gasteiger partial charge in [-0.05, 0) is 153 Å². The van der Waals surface area contributed by atoms with Crippen molar-refractivity contribution < 1.29 is 14.3 Å². The third kappa shape index (κ3) is 11.5. The molecule has 4 aliphatic rings. The minimum absolute atomic E-state index is 0.148. The van der Waals surface area contributed by atoms with E-state index in [1.54, 1.807) is 0 Å². The SMILES string of the molecule is CCCCCCCCCCCCCCCCNC(=O)CC[C@@H](C)[C@H]1CC[C@H]2[C@@H]3CC(Oc4ccc(N)cc4)C4CC(Oc5ccc(N)cc5)CC[C@]4(C)[C@H]3CC[C@]12C. The topological polar surface area (TPSA) is 99.6 Å². The quantitative estimate of drug-likeness (QED) is 0.0768. The highest BCUT2D eigenvalue weighted by atomic mass is 16.5. The van der Waals surface area contributed by atoms with Crippen molar-refractivity contribution in [2.75, 3.05) is 18.0 Å². The van der Waals surface area contributed by atoms with Crippen molar-refractivity contribution in [1.29, 1.82) is 0 Å². The average Bonchev–Trinajstić information content (AvgIpc) is 3.58. The molecule has 0 aromatic heterocycles. The number of nitrogen functional groups attached to an aromatic ring is 2. The molecule has 6 nitrogen and oxygen atoms in total. The lowest BCUT2D eigenvalue weighted by Gasteiger charge is -2.63. The van der Waals surface area contributed by atoms with Crippen LogP contribution in [-0.2, 0) is 4.79 Å². The number of carbonyl (C=O) groups is 1. The Morgan fingerprint density at radius 3 is 1.81 bits per heavy atom. The lowest BCUT2D eigenvalue weighted by molar-refractivity contribution is -0.164. The van der Waals surface area contributed by atoms with Crippen LogP contribution >= 0.6 is 0 Å². The molecule has 0 bridgehead atoms. The van der Waals surface area contributed by atoms with Crippen LogP contribution in [0.3, 0.4) is 0 Å². The molecule has 0 heterocycles. The molecule has 4 saturated carbocycles. The summed E-state index contributed by atoms with van der Waals surface area (Å²) < 4.78 is 13.7. The van der Waals surface area contributed by atoms with Crippen LogP contribution in [0, 0.1) is 46.3 Å². The molecular formula is C52H83N3O3. The number of nitrogens with two attached hydrogens (primary N) is 2. The molecule has 4 fully saturated rings. The van der Waals surface area contributed by atoms with Gasteiger partial charge >= 0.3 is 0 Å². The summed E-state index contributed by atoms with van der Waals surface area (Å²) in [6.45, 7) is 10.8. The predicted octanol–water partition coefficient (Wildman–Crippen LogP) is 13.3. The van der Waals surface area contributed by atoms with Gasteiger partial charge in [0, 0.05) is 30.3 Å². The number of benzene rings is 2. The molecule has 2 aromatic carbocycles. The number of nitrogens with one attached hydrogen (secondary N) is 1. The van der Waals surface area contributed by atoms with Crippen LogP contribution in [-0.4, -0.2) is 24.7 Å². The van der Waals surface area contributed by atoms with E-state index in [1.807, 2.05) is 36.4 Å². The highest BCUT2D eigenvalue weighted by Gasteiger charge is 2.63. The van der Waals surface area contributed by atoms with E-state index in [2.05, 4.69) is 45.1 Å². The molecule has 6 heteroatoms.